The highest BCUT2D eigenvalue weighted by Crippen LogP contribution is 2.10. The zero-order chi connectivity index (χ0) is 13.2. The van der Waals surface area contributed by atoms with Gasteiger partial charge in [-0.2, -0.15) is 0 Å². The van der Waals surface area contributed by atoms with E-state index in [1.807, 2.05) is 18.2 Å². The van der Waals surface area contributed by atoms with Gasteiger partial charge in [-0.3, -0.25) is 4.79 Å². The smallest absolute Gasteiger partial charge is 0.170 e. The lowest BCUT2D eigenvalue weighted by molar-refractivity contribution is 0.0980. The summed E-state index contributed by atoms with van der Waals surface area (Å²) in [5.74, 6) is 0.165. The van der Waals surface area contributed by atoms with Gasteiger partial charge in [0.1, 0.15) is 0 Å². The van der Waals surface area contributed by atoms with E-state index in [9.17, 15) is 9.90 Å². The highest BCUT2D eigenvalue weighted by molar-refractivity contribution is 5.97. The second-order valence-corrected chi connectivity index (χ2v) is 4.51. The normalized spacial score (nSPS) is 11.5. The first-order chi connectivity index (χ1) is 8.74. The van der Waals surface area contributed by atoms with Gasteiger partial charge < -0.3 is 5.11 Å². The fraction of sp³-hybridized carbons (Fsp3) is 0.438. The van der Waals surface area contributed by atoms with Crippen molar-refractivity contribution in [2.24, 2.45) is 0 Å². The van der Waals surface area contributed by atoms with Crippen LogP contribution in [-0.4, -0.2) is 10.9 Å². The summed E-state index contributed by atoms with van der Waals surface area (Å²) >= 11 is 0. The van der Waals surface area contributed by atoms with Gasteiger partial charge in [0.15, 0.2) is 5.78 Å². The van der Waals surface area contributed by atoms with Gasteiger partial charge in [0.05, 0.1) is 12.2 Å². The second-order valence-electron chi connectivity index (χ2n) is 4.51. The van der Waals surface area contributed by atoms with Crippen molar-refractivity contribution in [2.75, 3.05) is 0 Å². The third-order valence-electron chi connectivity index (χ3n) is 2.88. The lowest BCUT2D eigenvalue weighted by Gasteiger charge is -2.01. The lowest BCUT2D eigenvalue weighted by Crippen LogP contribution is -2.00. The molecule has 0 radical (unpaired) electrons. The number of aliphatic hydroxyl groups is 1. The van der Waals surface area contributed by atoms with Gasteiger partial charge in [-0.15, -0.1) is 0 Å². The molecule has 2 nitrogen and oxygen atoms in total. The van der Waals surface area contributed by atoms with Gasteiger partial charge in [0.2, 0.25) is 0 Å². The Labute approximate surface area is 109 Å². The minimum atomic E-state index is -0.0297. The predicted octanol–water partition coefficient (Wildman–Crippen LogP) is 4.67. The Balaban J connectivity index is 2.33. The molecule has 98 valence electrons. The number of unbranched alkanes of at least 4 members (excludes halogenated alkanes) is 4. The van der Waals surface area contributed by atoms with E-state index < -0.39 is 0 Å². The molecule has 0 saturated heterocycles. The van der Waals surface area contributed by atoms with Crippen LogP contribution in [-0.2, 0) is 0 Å². The van der Waals surface area contributed by atoms with Gasteiger partial charge in [0, 0.05) is 5.56 Å². The predicted molar refractivity (Wildman–Crippen MR) is 74.9 cm³/mol. The molecule has 0 saturated carbocycles. The fourth-order valence-corrected chi connectivity index (χ4v) is 1.80. The Morgan fingerprint density at radius 3 is 2.56 bits per heavy atom. The van der Waals surface area contributed by atoms with Crippen LogP contribution >= 0.6 is 0 Å². The summed E-state index contributed by atoms with van der Waals surface area (Å²) in [5.41, 5.74) is 0.656. The first-order valence-corrected chi connectivity index (χ1v) is 6.70. The number of hydrogen-bond donors (Lipinski definition) is 1. The van der Waals surface area contributed by atoms with Crippen LogP contribution in [0.5, 0.6) is 0 Å². The van der Waals surface area contributed by atoms with Crippen molar-refractivity contribution in [3.63, 3.8) is 0 Å². The Morgan fingerprint density at radius 1 is 1.17 bits per heavy atom. The number of aliphatic hydroxyl groups excluding tert-OH is 1. The molecule has 0 unspecified atom stereocenters. The molecule has 0 fully saturated rings. The largest absolute Gasteiger partial charge is 0.512 e. The Kier molecular flexibility index (Phi) is 6.85. The number of ketones is 1. The fourth-order valence-electron chi connectivity index (χ4n) is 1.80. The van der Waals surface area contributed by atoms with Crippen molar-refractivity contribution in [3.05, 3.63) is 47.7 Å². The molecule has 2 heteroatoms. The lowest BCUT2D eigenvalue weighted by atomic mass is 10.1. The van der Waals surface area contributed by atoms with E-state index in [0.29, 0.717) is 5.56 Å². The standard InChI is InChI=1S/C16H22O2/c1-2-3-4-5-9-12-15(17)13-16(18)14-10-7-6-8-11-14/h6-8,10-12,17H,2-5,9,13H2,1H3/b15-12-. The minimum Gasteiger partial charge on any atom is -0.512 e. The molecule has 0 aliphatic heterocycles. The SMILES string of the molecule is CCCCCC/C=C(\O)CC(=O)c1ccccc1. The summed E-state index contributed by atoms with van der Waals surface area (Å²) in [6.07, 6.45) is 7.45. The van der Waals surface area contributed by atoms with Gasteiger partial charge in [-0.1, -0.05) is 56.5 Å². The van der Waals surface area contributed by atoms with Crippen molar-refractivity contribution < 1.29 is 9.90 Å². The summed E-state index contributed by atoms with van der Waals surface area (Å²) in [6, 6.07) is 9.09. The summed E-state index contributed by atoms with van der Waals surface area (Å²) in [5, 5.41) is 9.68. The van der Waals surface area contributed by atoms with Crippen LogP contribution in [0.25, 0.3) is 0 Å². The molecule has 1 rings (SSSR count). The van der Waals surface area contributed by atoms with E-state index in [1.54, 1.807) is 18.2 Å². The third kappa shape index (κ3) is 5.67. The maximum atomic E-state index is 11.8. The number of allylic oxidation sites excluding steroid dienone is 2. The van der Waals surface area contributed by atoms with Crippen molar-refractivity contribution in [3.8, 4) is 0 Å². The van der Waals surface area contributed by atoms with Crippen LogP contribution in [0.1, 0.15) is 55.8 Å². The molecular formula is C16H22O2. The molecule has 0 bridgehead atoms. The quantitative estimate of drug-likeness (QED) is 0.411. The molecule has 0 atom stereocenters. The Bertz CT molecular complexity index is 379. The highest BCUT2D eigenvalue weighted by atomic mass is 16.3. The van der Waals surface area contributed by atoms with Gasteiger partial charge in [-0.05, 0) is 18.9 Å². The van der Waals surface area contributed by atoms with Gasteiger partial charge in [0.25, 0.3) is 0 Å². The maximum Gasteiger partial charge on any atom is 0.170 e. The Hall–Kier alpha value is -1.57. The van der Waals surface area contributed by atoms with E-state index in [1.165, 1.54) is 19.3 Å². The summed E-state index contributed by atoms with van der Waals surface area (Å²) in [4.78, 5) is 11.8. The molecule has 0 heterocycles. The van der Waals surface area contributed by atoms with Crippen LogP contribution in [0.15, 0.2) is 42.2 Å². The number of Topliss-reactive ketones (excluding diaryl/α,β-unsaturated/α-hetero) is 1. The van der Waals surface area contributed by atoms with Gasteiger partial charge in [-0.25, -0.2) is 0 Å². The number of carbonyl (C=O) groups excluding carboxylic acids is 1. The molecule has 1 N–H and O–H groups in total. The molecule has 18 heavy (non-hydrogen) atoms. The topological polar surface area (TPSA) is 37.3 Å². The van der Waals surface area contributed by atoms with E-state index in [2.05, 4.69) is 6.92 Å². The van der Waals surface area contributed by atoms with E-state index in [-0.39, 0.29) is 18.0 Å². The molecule has 0 spiro atoms. The van der Waals surface area contributed by atoms with Crippen LogP contribution in [0.2, 0.25) is 0 Å². The first-order valence-electron chi connectivity index (χ1n) is 6.70. The number of hydrogen-bond acceptors (Lipinski definition) is 2. The molecule has 0 amide bonds. The molecule has 0 aliphatic rings. The average molecular weight is 246 g/mol. The van der Waals surface area contributed by atoms with Crippen LogP contribution in [0.4, 0.5) is 0 Å². The molecule has 1 aromatic rings. The zero-order valence-electron chi connectivity index (χ0n) is 11.1. The van der Waals surface area contributed by atoms with Gasteiger partial charge >= 0.3 is 0 Å². The molecule has 0 aliphatic carbocycles. The summed E-state index contributed by atoms with van der Waals surface area (Å²) < 4.78 is 0. The first kappa shape index (κ1) is 14.5. The summed E-state index contributed by atoms with van der Waals surface area (Å²) in [6.45, 7) is 2.17. The van der Waals surface area contributed by atoms with Crippen molar-refractivity contribution in [2.45, 2.75) is 45.4 Å². The van der Waals surface area contributed by atoms with Crippen molar-refractivity contribution in [1.29, 1.82) is 0 Å². The van der Waals surface area contributed by atoms with Crippen LogP contribution < -0.4 is 0 Å². The summed E-state index contributed by atoms with van der Waals surface area (Å²) in [7, 11) is 0. The van der Waals surface area contributed by atoms with Crippen LogP contribution in [0, 0.1) is 0 Å². The monoisotopic (exact) mass is 246 g/mol. The Morgan fingerprint density at radius 2 is 1.89 bits per heavy atom. The zero-order valence-corrected chi connectivity index (χ0v) is 11.1. The highest BCUT2D eigenvalue weighted by Gasteiger charge is 2.06. The molecule has 0 aromatic heterocycles. The van der Waals surface area contributed by atoms with E-state index in [4.69, 9.17) is 0 Å². The molecular weight excluding hydrogens is 224 g/mol. The minimum absolute atomic E-state index is 0.0297. The van der Waals surface area contributed by atoms with Crippen LogP contribution in [0.3, 0.4) is 0 Å². The number of rotatable bonds is 8. The number of carbonyl (C=O) groups is 1. The average Bonchev–Trinajstić information content (AvgIpc) is 2.39. The molecule has 1 aromatic carbocycles. The second kappa shape index (κ2) is 8.51. The maximum absolute atomic E-state index is 11.8. The third-order valence-corrected chi connectivity index (χ3v) is 2.88. The van der Waals surface area contributed by atoms with Crippen molar-refractivity contribution >= 4 is 5.78 Å². The van der Waals surface area contributed by atoms with E-state index in [0.717, 1.165) is 12.8 Å². The van der Waals surface area contributed by atoms with Crippen molar-refractivity contribution in [1.82, 2.24) is 0 Å². The van der Waals surface area contributed by atoms with E-state index >= 15 is 0 Å². The number of benzene rings is 1.